The van der Waals surface area contributed by atoms with Gasteiger partial charge < -0.3 is 9.67 Å². The number of rotatable bonds is 9. The average molecular weight is 451 g/mol. The zero-order chi connectivity index (χ0) is 23.8. The fourth-order valence-corrected chi connectivity index (χ4v) is 3.75. The predicted octanol–water partition coefficient (Wildman–Crippen LogP) is 5.19. The number of aromatic hydroxyl groups is 1. The van der Waals surface area contributed by atoms with Gasteiger partial charge in [0.25, 0.3) is 0 Å². The van der Waals surface area contributed by atoms with Crippen LogP contribution in [0.5, 0.6) is 5.75 Å². The highest BCUT2D eigenvalue weighted by atomic mass is 16.3. The average Bonchev–Trinajstić information content (AvgIpc) is 3.30. The largest absolute Gasteiger partial charge is 0.507 e. The number of hydrogen-bond acceptors (Lipinski definition) is 4. The van der Waals surface area contributed by atoms with E-state index < -0.39 is 0 Å². The van der Waals surface area contributed by atoms with Crippen LogP contribution < -0.4 is 5.43 Å². The summed E-state index contributed by atoms with van der Waals surface area (Å²) in [6.07, 6.45) is 5.72. The van der Waals surface area contributed by atoms with E-state index in [1.54, 1.807) is 18.5 Å². The highest BCUT2D eigenvalue weighted by Gasteiger charge is 2.15. The van der Waals surface area contributed by atoms with Crippen LogP contribution in [0.2, 0.25) is 0 Å². The Labute approximate surface area is 198 Å². The summed E-state index contributed by atoms with van der Waals surface area (Å²) in [6.45, 7) is 4.14. The lowest BCUT2D eigenvalue weighted by molar-refractivity contribution is -0.121. The van der Waals surface area contributed by atoms with Crippen molar-refractivity contribution in [2.45, 2.75) is 19.4 Å². The van der Waals surface area contributed by atoms with Crippen LogP contribution in [0, 0.1) is 0 Å². The first-order valence-corrected chi connectivity index (χ1v) is 11.1. The van der Waals surface area contributed by atoms with Gasteiger partial charge in [-0.3, -0.25) is 4.79 Å². The Balaban J connectivity index is 1.46. The number of aryl methyl sites for hydroxylation is 1. The van der Waals surface area contributed by atoms with Crippen LogP contribution in [0.1, 0.15) is 17.5 Å². The molecule has 1 aromatic heterocycles. The van der Waals surface area contributed by atoms with E-state index in [2.05, 4.69) is 22.1 Å². The number of nitrogens with zero attached hydrogens (tertiary/aromatic N) is 3. The minimum absolute atomic E-state index is 0.139. The molecule has 34 heavy (non-hydrogen) atoms. The SMILES string of the molecule is C=CCc1cccc(C=NNC(=O)CCn2cnc(-c3ccccc3)c2-c2ccccc2)c1O. The number of phenolic OH excluding ortho intramolecular Hbond substituents is 1. The van der Waals surface area contributed by atoms with Crippen molar-refractivity contribution in [3.63, 3.8) is 0 Å². The maximum absolute atomic E-state index is 12.5. The number of imidazole rings is 1. The lowest BCUT2D eigenvalue weighted by Gasteiger charge is -2.10. The fourth-order valence-electron chi connectivity index (χ4n) is 3.75. The lowest BCUT2D eigenvalue weighted by atomic mass is 10.0. The minimum Gasteiger partial charge on any atom is -0.507 e. The fraction of sp³-hybridized carbons (Fsp3) is 0.107. The number of hydrazone groups is 1. The van der Waals surface area contributed by atoms with Gasteiger partial charge in [-0.15, -0.1) is 6.58 Å². The predicted molar refractivity (Wildman–Crippen MR) is 135 cm³/mol. The van der Waals surface area contributed by atoms with Crippen molar-refractivity contribution >= 4 is 12.1 Å². The second-order valence-corrected chi connectivity index (χ2v) is 7.76. The van der Waals surface area contributed by atoms with Crippen LogP contribution in [0.4, 0.5) is 0 Å². The number of carbonyl (C=O) groups is 1. The van der Waals surface area contributed by atoms with Crippen molar-refractivity contribution in [2.75, 3.05) is 0 Å². The number of amides is 1. The van der Waals surface area contributed by atoms with Crippen molar-refractivity contribution in [1.29, 1.82) is 0 Å². The summed E-state index contributed by atoms with van der Waals surface area (Å²) in [7, 11) is 0. The molecule has 4 aromatic rings. The molecule has 4 rings (SSSR count). The normalized spacial score (nSPS) is 10.9. The zero-order valence-electron chi connectivity index (χ0n) is 18.8. The van der Waals surface area contributed by atoms with Gasteiger partial charge in [0.1, 0.15) is 5.75 Å². The molecule has 170 valence electrons. The van der Waals surface area contributed by atoms with Gasteiger partial charge in [0.2, 0.25) is 5.91 Å². The number of para-hydroxylation sites is 1. The summed E-state index contributed by atoms with van der Waals surface area (Å²) in [5, 5.41) is 14.3. The van der Waals surface area contributed by atoms with Crippen LogP contribution in [0.15, 0.2) is 103 Å². The first-order valence-electron chi connectivity index (χ1n) is 11.1. The van der Waals surface area contributed by atoms with Crippen molar-refractivity contribution in [3.8, 4) is 28.3 Å². The molecule has 2 N–H and O–H groups in total. The molecular weight excluding hydrogens is 424 g/mol. The second-order valence-electron chi connectivity index (χ2n) is 7.76. The number of aromatic nitrogens is 2. The number of nitrogens with one attached hydrogen (secondary N) is 1. The number of carbonyl (C=O) groups excluding carboxylic acids is 1. The van der Waals surface area contributed by atoms with E-state index >= 15 is 0 Å². The number of hydrogen-bond donors (Lipinski definition) is 2. The van der Waals surface area contributed by atoms with Crippen molar-refractivity contribution < 1.29 is 9.90 Å². The van der Waals surface area contributed by atoms with E-state index in [9.17, 15) is 9.90 Å². The van der Waals surface area contributed by atoms with Gasteiger partial charge in [-0.25, -0.2) is 10.4 Å². The van der Waals surface area contributed by atoms with Crippen molar-refractivity contribution in [1.82, 2.24) is 15.0 Å². The zero-order valence-corrected chi connectivity index (χ0v) is 18.8. The molecule has 0 radical (unpaired) electrons. The summed E-state index contributed by atoms with van der Waals surface area (Å²) < 4.78 is 1.99. The third-order valence-corrected chi connectivity index (χ3v) is 5.42. The number of phenols is 1. The van der Waals surface area contributed by atoms with Gasteiger partial charge >= 0.3 is 0 Å². The molecule has 0 spiro atoms. The lowest BCUT2D eigenvalue weighted by Crippen LogP contribution is -2.19. The van der Waals surface area contributed by atoms with E-state index in [1.165, 1.54) is 6.21 Å². The summed E-state index contributed by atoms with van der Waals surface area (Å²) in [4.78, 5) is 17.1. The Morgan fingerprint density at radius 1 is 1.00 bits per heavy atom. The number of allylic oxidation sites excluding steroid dienone is 1. The molecular formula is C28H26N4O2. The highest BCUT2D eigenvalue weighted by molar-refractivity contribution is 5.85. The first kappa shape index (κ1) is 22.7. The molecule has 6 heteroatoms. The van der Waals surface area contributed by atoms with E-state index in [1.807, 2.05) is 77.4 Å². The summed E-state index contributed by atoms with van der Waals surface area (Å²) >= 11 is 0. The Morgan fingerprint density at radius 2 is 1.71 bits per heavy atom. The molecule has 0 aliphatic carbocycles. The van der Waals surface area contributed by atoms with Gasteiger partial charge in [0, 0.05) is 29.7 Å². The third-order valence-electron chi connectivity index (χ3n) is 5.42. The Bertz CT molecular complexity index is 1290. The Kier molecular flexibility index (Phi) is 7.30. The van der Waals surface area contributed by atoms with Crippen LogP contribution in [0.25, 0.3) is 22.5 Å². The van der Waals surface area contributed by atoms with Gasteiger partial charge in [0.05, 0.1) is 23.9 Å². The minimum atomic E-state index is -0.230. The molecule has 1 amide bonds. The standard InChI is InChI=1S/C28H26N4O2/c1-2-10-23-15-9-16-24(28(23)34)19-30-31-25(33)17-18-32-20-29-26(21-11-5-3-6-12-21)27(32)22-13-7-4-8-14-22/h2-9,11-16,19-20,34H,1,10,17-18H2,(H,31,33). The Hall–Kier alpha value is -4.45. The van der Waals surface area contributed by atoms with Gasteiger partial charge in [-0.05, 0) is 18.1 Å². The maximum atomic E-state index is 12.5. The van der Waals surface area contributed by atoms with Gasteiger partial charge in [0.15, 0.2) is 0 Å². The van der Waals surface area contributed by atoms with Crippen molar-refractivity contribution in [2.24, 2.45) is 5.10 Å². The van der Waals surface area contributed by atoms with Crippen LogP contribution in [0.3, 0.4) is 0 Å². The van der Waals surface area contributed by atoms with E-state index in [0.717, 1.165) is 28.1 Å². The Morgan fingerprint density at radius 3 is 2.41 bits per heavy atom. The molecule has 0 saturated carbocycles. The van der Waals surface area contributed by atoms with Crippen molar-refractivity contribution in [3.05, 3.63) is 109 Å². The molecule has 0 atom stereocenters. The monoisotopic (exact) mass is 450 g/mol. The molecule has 0 fully saturated rings. The molecule has 0 aliphatic rings. The third kappa shape index (κ3) is 5.30. The van der Waals surface area contributed by atoms with Crippen LogP contribution in [-0.4, -0.2) is 26.8 Å². The smallest absolute Gasteiger partial charge is 0.241 e. The molecule has 1 heterocycles. The van der Waals surface area contributed by atoms with Crippen LogP contribution >= 0.6 is 0 Å². The second kappa shape index (κ2) is 10.9. The summed E-state index contributed by atoms with van der Waals surface area (Å²) in [6, 6.07) is 25.4. The van der Waals surface area contributed by atoms with Gasteiger partial charge in [-0.2, -0.15) is 5.10 Å². The quantitative estimate of drug-likeness (QED) is 0.209. The summed E-state index contributed by atoms with van der Waals surface area (Å²) in [5.74, 6) is -0.0910. The topological polar surface area (TPSA) is 79.5 Å². The molecule has 0 unspecified atom stereocenters. The molecule has 0 aliphatic heterocycles. The highest BCUT2D eigenvalue weighted by Crippen LogP contribution is 2.31. The molecule has 6 nitrogen and oxygen atoms in total. The van der Waals surface area contributed by atoms with E-state index in [0.29, 0.717) is 18.5 Å². The van der Waals surface area contributed by atoms with E-state index in [4.69, 9.17) is 0 Å². The first-order chi connectivity index (χ1) is 16.7. The number of benzene rings is 3. The summed E-state index contributed by atoms with van der Waals surface area (Å²) in [5.41, 5.74) is 7.73. The molecule has 0 bridgehead atoms. The molecule has 3 aromatic carbocycles. The van der Waals surface area contributed by atoms with Gasteiger partial charge in [-0.1, -0.05) is 78.9 Å². The van der Waals surface area contributed by atoms with Crippen LogP contribution in [-0.2, 0) is 17.8 Å². The maximum Gasteiger partial charge on any atom is 0.241 e. The van der Waals surface area contributed by atoms with E-state index in [-0.39, 0.29) is 18.1 Å². The molecule has 0 saturated heterocycles.